The largest absolute Gasteiger partial charge is 0.365 e. The molecule has 0 aromatic heterocycles. The molecule has 0 saturated carbocycles. The average molecular weight is 279 g/mol. The van der Waals surface area contributed by atoms with Crippen LogP contribution < -0.4 is 0 Å². The normalized spacial score (nSPS) is 11.6. The molecule has 2 aromatic rings. The fourth-order valence-corrected chi connectivity index (χ4v) is 1.67. The minimum Gasteiger partial charge on any atom is -0.313 e. The third-order valence-corrected chi connectivity index (χ3v) is 2.88. The topological polar surface area (TPSA) is 38.7 Å². The number of hydrogen-bond acceptors (Lipinski definition) is 3. The number of nitrogens with zero attached hydrogens (tertiary/aromatic N) is 1. The number of hydrogen-bond donors (Lipinski definition) is 0. The van der Waals surface area contributed by atoms with Crippen LogP contribution in [-0.2, 0) is 4.84 Å². The molecule has 0 amide bonds. The summed E-state index contributed by atoms with van der Waals surface area (Å²) in [5, 5.41) is 3.82. The van der Waals surface area contributed by atoms with Crippen molar-refractivity contribution < 1.29 is 9.63 Å². The fraction of sp³-hybridized carbons (Fsp3) is 0.111. The lowest BCUT2D eigenvalue weighted by Gasteiger charge is -1.99. The minimum atomic E-state index is -0.456. The molecular formula is C18H17NO2. The van der Waals surface area contributed by atoms with E-state index >= 15 is 0 Å². The second-order valence-electron chi connectivity index (χ2n) is 4.72. The van der Waals surface area contributed by atoms with Gasteiger partial charge in [0, 0.05) is 0 Å². The molecule has 2 rings (SSSR count). The van der Waals surface area contributed by atoms with E-state index in [1.165, 1.54) is 0 Å². The van der Waals surface area contributed by atoms with Crippen molar-refractivity contribution in [2.45, 2.75) is 13.8 Å². The highest BCUT2D eigenvalue weighted by Crippen LogP contribution is 2.06. The van der Waals surface area contributed by atoms with E-state index in [1.807, 2.05) is 55.5 Å². The molecule has 0 radical (unpaired) electrons. The SMILES string of the molecule is CC(/C=C/c1ccccc1)=N/OC(=O)c1ccc(C)cc1. The van der Waals surface area contributed by atoms with Gasteiger partial charge in [0.1, 0.15) is 0 Å². The molecule has 3 nitrogen and oxygen atoms in total. The van der Waals surface area contributed by atoms with Gasteiger partial charge in [0.15, 0.2) is 0 Å². The zero-order valence-corrected chi connectivity index (χ0v) is 12.1. The Morgan fingerprint density at radius 1 is 1.05 bits per heavy atom. The van der Waals surface area contributed by atoms with Crippen LogP contribution in [0.25, 0.3) is 6.08 Å². The molecule has 0 N–H and O–H groups in total. The molecule has 0 atom stereocenters. The fourth-order valence-electron chi connectivity index (χ4n) is 1.67. The van der Waals surface area contributed by atoms with Gasteiger partial charge in [0.25, 0.3) is 0 Å². The molecular weight excluding hydrogens is 262 g/mol. The lowest BCUT2D eigenvalue weighted by molar-refractivity contribution is 0.0516. The highest BCUT2D eigenvalue weighted by Gasteiger charge is 2.05. The zero-order valence-electron chi connectivity index (χ0n) is 12.1. The number of aryl methyl sites for hydroxylation is 1. The molecule has 0 aliphatic carbocycles. The van der Waals surface area contributed by atoms with Gasteiger partial charge in [0.05, 0.1) is 11.3 Å². The first-order valence-electron chi connectivity index (χ1n) is 6.71. The Morgan fingerprint density at radius 2 is 1.71 bits per heavy atom. The van der Waals surface area contributed by atoms with Crippen LogP contribution >= 0.6 is 0 Å². The van der Waals surface area contributed by atoms with E-state index in [-0.39, 0.29) is 0 Å². The lowest BCUT2D eigenvalue weighted by atomic mass is 10.2. The van der Waals surface area contributed by atoms with Crippen molar-refractivity contribution in [1.29, 1.82) is 0 Å². The average Bonchev–Trinajstić information content (AvgIpc) is 2.52. The van der Waals surface area contributed by atoms with E-state index in [1.54, 1.807) is 25.1 Å². The Hall–Kier alpha value is -2.68. The second kappa shape index (κ2) is 7.20. The van der Waals surface area contributed by atoms with Crippen LogP contribution in [0.5, 0.6) is 0 Å². The first-order chi connectivity index (χ1) is 10.1. The maximum Gasteiger partial charge on any atom is 0.365 e. The van der Waals surface area contributed by atoms with E-state index in [0.29, 0.717) is 11.3 Å². The maximum absolute atomic E-state index is 11.8. The van der Waals surface area contributed by atoms with Crippen LogP contribution in [0.3, 0.4) is 0 Å². The summed E-state index contributed by atoms with van der Waals surface area (Å²) in [4.78, 5) is 16.7. The van der Waals surface area contributed by atoms with Crippen LogP contribution in [0.15, 0.2) is 65.8 Å². The second-order valence-corrected chi connectivity index (χ2v) is 4.72. The van der Waals surface area contributed by atoms with Crippen LogP contribution in [0, 0.1) is 6.92 Å². The highest BCUT2D eigenvalue weighted by atomic mass is 16.7. The standard InChI is InChI=1S/C18H17NO2/c1-14-8-12-17(13-9-14)18(20)21-19-15(2)10-11-16-6-4-3-5-7-16/h3-13H,1-2H3/b11-10+,19-15-. The Morgan fingerprint density at radius 3 is 2.38 bits per heavy atom. The van der Waals surface area contributed by atoms with Crippen molar-refractivity contribution in [2.24, 2.45) is 5.16 Å². The maximum atomic E-state index is 11.8. The van der Waals surface area contributed by atoms with E-state index in [9.17, 15) is 4.79 Å². The summed E-state index contributed by atoms with van der Waals surface area (Å²) in [6, 6.07) is 17.0. The highest BCUT2D eigenvalue weighted by molar-refractivity contribution is 5.97. The van der Waals surface area contributed by atoms with E-state index < -0.39 is 5.97 Å². The van der Waals surface area contributed by atoms with Crippen LogP contribution in [-0.4, -0.2) is 11.7 Å². The first-order valence-corrected chi connectivity index (χ1v) is 6.71. The number of allylic oxidation sites excluding steroid dienone is 1. The van der Waals surface area contributed by atoms with Gasteiger partial charge < -0.3 is 4.84 Å². The monoisotopic (exact) mass is 279 g/mol. The van der Waals surface area contributed by atoms with Gasteiger partial charge in [-0.15, -0.1) is 0 Å². The van der Waals surface area contributed by atoms with Gasteiger partial charge in [-0.25, -0.2) is 4.79 Å². The summed E-state index contributed by atoms with van der Waals surface area (Å²) in [7, 11) is 0. The summed E-state index contributed by atoms with van der Waals surface area (Å²) < 4.78 is 0. The third-order valence-electron chi connectivity index (χ3n) is 2.88. The Labute approximate surface area is 124 Å². The summed E-state index contributed by atoms with van der Waals surface area (Å²) in [6.45, 7) is 3.74. The minimum absolute atomic E-state index is 0.456. The Balaban J connectivity index is 1.95. The first kappa shape index (κ1) is 14.7. The number of rotatable bonds is 4. The van der Waals surface area contributed by atoms with Crippen LogP contribution in [0.4, 0.5) is 0 Å². The molecule has 0 bridgehead atoms. The predicted octanol–water partition coefficient (Wildman–Crippen LogP) is 4.24. The molecule has 0 unspecified atom stereocenters. The predicted molar refractivity (Wildman–Crippen MR) is 85.2 cm³/mol. The van der Waals surface area contributed by atoms with Crippen LogP contribution in [0.2, 0.25) is 0 Å². The van der Waals surface area contributed by atoms with Crippen molar-refractivity contribution in [3.63, 3.8) is 0 Å². The van der Waals surface area contributed by atoms with Crippen molar-refractivity contribution in [3.8, 4) is 0 Å². The molecule has 0 spiro atoms. The Bertz CT molecular complexity index is 655. The molecule has 0 aliphatic rings. The van der Waals surface area contributed by atoms with Gasteiger partial charge in [-0.2, -0.15) is 0 Å². The molecule has 0 heterocycles. The molecule has 2 aromatic carbocycles. The summed E-state index contributed by atoms with van der Waals surface area (Å²) in [5.41, 5.74) is 3.28. The summed E-state index contributed by atoms with van der Waals surface area (Å²) in [6.07, 6.45) is 3.72. The number of benzene rings is 2. The Kier molecular flexibility index (Phi) is 5.04. The smallest absolute Gasteiger partial charge is 0.313 e. The van der Waals surface area contributed by atoms with Crippen molar-refractivity contribution in [2.75, 3.05) is 0 Å². The molecule has 0 aliphatic heterocycles. The van der Waals surface area contributed by atoms with Gasteiger partial charge in [-0.3, -0.25) is 0 Å². The summed E-state index contributed by atoms with van der Waals surface area (Å²) >= 11 is 0. The number of carbonyl (C=O) groups excluding carboxylic acids is 1. The van der Waals surface area contributed by atoms with E-state index in [0.717, 1.165) is 11.1 Å². The number of carbonyl (C=O) groups is 1. The zero-order chi connectivity index (χ0) is 15.1. The van der Waals surface area contributed by atoms with Gasteiger partial charge in [0.2, 0.25) is 0 Å². The molecule has 0 fully saturated rings. The molecule has 3 heteroatoms. The lowest BCUT2D eigenvalue weighted by Crippen LogP contribution is -2.02. The van der Waals surface area contributed by atoms with Crippen molar-refractivity contribution in [1.82, 2.24) is 0 Å². The van der Waals surface area contributed by atoms with Gasteiger partial charge in [-0.05, 0) is 37.6 Å². The molecule has 21 heavy (non-hydrogen) atoms. The van der Waals surface area contributed by atoms with Crippen molar-refractivity contribution >= 4 is 17.8 Å². The molecule has 106 valence electrons. The third kappa shape index (κ3) is 4.73. The summed E-state index contributed by atoms with van der Waals surface area (Å²) in [5.74, 6) is -0.456. The van der Waals surface area contributed by atoms with Gasteiger partial charge >= 0.3 is 5.97 Å². The van der Waals surface area contributed by atoms with E-state index in [4.69, 9.17) is 4.84 Å². The number of oxime groups is 1. The van der Waals surface area contributed by atoms with Gasteiger partial charge in [-0.1, -0.05) is 59.3 Å². The van der Waals surface area contributed by atoms with Crippen molar-refractivity contribution in [3.05, 3.63) is 77.4 Å². The quantitative estimate of drug-likeness (QED) is 0.477. The van der Waals surface area contributed by atoms with Crippen LogP contribution in [0.1, 0.15) is 28.4 Å². The molecule has 0 saturated heterocycles. The van der Waals surface area contributed by atoms with E-state index in [2.05, 4.69) is 5.16 Å².